The first-order chi connectivity index (χ1) is 5.29. The van der Waals surface area contributed by atoms with Crippen LogP contribution in [0.3, 0.4) is 0 Å². The smallest absolute Gasteiger partial charge is 0.404 e. The van der Waals surface area contributed by atoms with Crippen LogP contribution in [0.4, 0.5) is 4.79 Å². The number of carbonyl (C=O) groups is 1. The van der Waals surface area contributed by atoms with Crippen LogP contribution < -0.4 is 11.1 Å². The monoisotopic (exact) mass is 158 g/mol. The van der Waals surface area contributed by atoms with Crippen molar-refractivity contribution in [3.8, 4) is 0 Å². The van der Waals surface area contributed by atoms with Crippen LogP contribution in [0.5, 0.6) is 0 Å². The Morgan fingerprint density at radius 2 is 2.18 bits per heavy atom. The zero-order chi connectivity index (χ0) is 8.10. The van der Waals surface area contributed by atoms with Crippen molar-refractivity contribution in [3.63, 3.8) is 0 Å². The van der Waals surface area contributed by atoms with Gasteiger partial charge in [-0.1, -0.05) is 0 Å². The second kappa shape index (κ2) is 4.18. The fourth-order valence-corrected chi connectivity index (χ4v) is 1.25. The van der Waals surface area contributed by atoms with Gasteiger partial charge in [-0.15, -0.1) is 0 Å². The normalized spacial score (nSPS) is 19.6. The van der Waals surface area contributed by atoms with E-state index < -0.39 is 6.09 Å². The van der Waals surface area contributed by atoms with Crippen molar-refractivity contribution in [2.24, 2.45) is 11.7 Å². The minimum atomic E-state index is -0.663. The lowest BCUT2D eigenvalue weighted by molar-refractivity contribution is 0.126. The number of primary amides is 1. The number of hydrogen-bond acceptors (Lipinski definition) is 3. The second-order valence-electron chi connectivity index (χ2n) is 2.82. The van der Waals surface area contributed by atoms with Gasteiger partial charge in [-0.2, -0.15) is 0 Å². The third-order valence-corrected chi connectivity index (χ3v) is 1.92. The molecule has 1 aliphatic heterocycles. The zero-order valence-electron chi connectivity index (χ0n) is 6.51. The van der Waals surface area contributed by atoms with Crippen molar-refractivity contribution >= 4 is 6.09 Å². The second-order valence-corrected chi connectivity index (χ2v) is 2.82. The third kappa shape index (κ3) is 3.23. The van der Waals surface area contributed by atoms with Gasteiger partial charge in [-0.25, -0.2) is 4.79 Å². The Morgan fingerprint density at radius 1 is 1.55 bits per heavy atom. The highest BCUT2D eigenvalue weighted by Crippen LogP contribution is 2.11. The van der Waals surface area contributed by atoms with Crippen molar-refractivity contribution < 1.29 is 9.53 Å². The highest BCUT2D eigenvalue weighted by Gasteiger charge is 2.13. The number of carbonyl (C=O) groups excluding carboxylic acids is 1. The van der Waals surface area contributed by atoms with Crippen LogP contribution in [0, 0.1) is 5.92 Å². The van der Waals surface area contributed by atoms with Gasteiger partial charge in [0.2, 0.25) is 0 Å². The molecule has 1 saturated heterocycles. The molecule has 0 aromatic carbocycles. The Balaban J connectivity index is 2.09. The molecular formula is C7H14N2O2. The van der Waals surface area contributed by atoms with E-state index in [0.29, 0.717) is 12.5 Å². The molecule has 0 saturated carbocycles. The molecule has 0 bridgehead atoms. The van der Waals surface area contributed by atoms with Gasteiger partial charge in [0.15, 0.2) is 0 Å². The maximum atomic E-state index is 10.2. The van der Waals surface area contributed by atoms with E-state index in [4.69, 9.17) is 10.5 Å². The van der Waals surface area contributed by atoms with Crippen LogP contribution in [0.25, 0.3) is 0 Å². The lowest BCUT2D eigenvalue weighted by Gasteiger charge is -2.21. The molecule has 0 unspecified atom stereocenters. The van der Waals surface area contributed by atoms with Crippen LogP contribution in [-0.4, -0.2) is 25.8 Å². The number of rotatable bonds is 2. The summed E-state index contributed by atoms with van der Waals surface area (Å²) in [5, 5.41) is 3.23. The minimum Gasteiger partial charge on any atom is -0.449 e. The molecule has 0 aliphatic carbocycles. The molecule has 4 nitrogen and oxygen atoms in total. The highest BCUT2D eigenvalue weighted by atomic mass is 16.5. The summed E-state index contributed by atoms with van der Waals surface area (Å²) in [7, 11) is 0. The van der Waals surface area contributed by atoms with Crippen molar-refractivity contribution in [2.75, 3.05) is 19.7 Å². The lowest BCUT2D eigenvalue weighted by atomic mass is 9.99. The van der Waals surface area contributed by atoms with Crippen molar-refractivity contribution in [3.05, 3.63) is 0 Å². The summed E-state index contributed by atoms with van der Waals surface area (Å²) in [6.07, 6.45) is 1.49. The average Bonchev–Trinajstić information content (AvgIpc) is 2.03. The molecule has 0 radical (unpaired) electrons. The molecule has 3 N–H and O–H groups in total. The molecule has 11 heavy (non-hydrogen) atoms. The summed E-state index contributed by atoms with van der Waals surface area (Å²) in [6.45, 7) is 2.52. The van der Waals surface area contributed by atoms with Crippen molar-refractivity contribution in [2.45, 2.75) is 12.8 Å². The molecular weight excluding hydrogens is 144 g/mol. The van der Waals surface area contributed by atoms with Crippen molar-refractivity contribution in [1.82, 2.24) is 5.32 Å². The first kappa shape index (κ1) is 8.33. The van der Waals surface area contributed by atoms with E-state index in [1.807, 2.05) is 0 Å². The first-order valence-electron chi connectivity index (χ1n) is 3.92. The minimum absolute atomic E-state index is 0.483. The van der Waals surface area contributed by atoms with Gasteiger partial charge in [-0.3, -0.25) is 0 Å². The molecule has 1 rings (SSSR count). The van der Waals surface area contributed by atoms with Gasteiger partial charge in [-0.05, 0) is 31.8 Å². The number of piperidine rings is 1. The molecule has 1 aliphatic rings. The van der Waals surface area contributed by atoms with E-state index in [0.717, 1.165) is 25.9 Å². The Hall–Kier alpha value is -0.770. The number of hydrogen-bond donors (Lipinski definition) is 2. The Kier molecular flexibility index (Phi) is 3.16. The molecule has 0 spiro atoms. The predicted molar refractivity (Wildman–Crippen MR) is 41.1 cm³/mol. The Labute approximate surface area is 66.1 Å². The maximum Gasteiger partial charge on any atom is 0.404 e. The van der Waals surface area contributed by atoms with Gasteiger partial charge in [0, 0.05) is 0 Å². The molecule has 0 aromatic heterocycles. The number of nitrogens with one attached hydrogen (secondary N) is 1. The van der Waals surface area contributed by atoms with Gasteiger partial charge < -0.3 is 15.8 Å². The van der Waals surface area contributed by atoms with Gasteiger partial charge >= 0.3 is 6.09 Å². The molecule has 1 amide bonds. The average molecular weight is 158 g/mol. The summed E-state index contributed by atoms with van der Waals surface area (Å²) in [6, 6.07) is 0. The Bertz CT molecular complexity index is 132. The lowest BCUT2D eigenvalue weighted by Crippen LogP contribution is -2.31. The summed E-state index contributed by atoms with van der Waals surface area (Å²) < 4.78 is 4.69. The number of amides is 1. The largest absolute Gasteiger partial charge is 0.449 e. The molecule has 0 aromatic rings. The number of ether oxygens (including phenoxy) is 1. The molecule has 0 atom stereocenters. The van der Waals surface area contributed by atoms with Gasteiger partial charge in [0.05, 0.1) is 6.61 Å². The fraction of sp³-hybridized carbons (Fsp3) is 0.857. The highest BCUT2D eigenvalue weighted by molar-refractivity contribution is 5.64. The van der Waals surface area contributed by atoms with Crippen LogP contribution in [0.2, 0.25) is 0 Å². The van der Waals surface area contributed by atoms with Crippen LogP contribution in [0.1, 0.15) is 12.8 Å². The summed E-state index contributed by atoms with van der Waals surface area (Å²) in [4.78, 5) is 10.2. The first-order valence-corrected chi connectivity index (χ1v) is 3.92. The Morgan fingerprint density at radius 3 is 2.73 bits per heavy atom. The molecule has 1 fully saturated rings. The van der Waals surface area contributed by atoms with E-state index in [1.165, 1.54) is 0 Å². The molecule has 64 valence electrons. The van der Waals surface area contributed by atoms with Crippen LogP contribution >= 0.6 is 0 Å². The van der Waals surface area contributed by atoms with Gasteiger partial charge in [0.1, 0.15) is 0 Å². The van der Waals surface area contributed by atoms with Gasteiger partial charge in [0.25, 0.3) is 0 Å². The topological polar surface area (TPSA) is 64.4 Å². The summed E-state index contributed by atoms with van der Waals surface area (Å²) in [5.41, 5.74) is 4.83. The number of nitrogens with two attached hydrogens (primary N) is 1. The predicted octanol–water partition coefficient (Wildman–Crippen LogP) is 0.0813. The zero-order valence-corrected chi connectivity index (χ0v) is 6.51. The van der Waals surface area contributed by atoms with Crippen molar-refractivity contribution in [1.29, 1.82) is 0 Å². The third-order valence-electron chi connectivity index (χ3n) is 1.92. The maximum absolute atomic E-state index is 10.2. The molecule has 1 heterocycles. The quantitative estimate of drug-likeness (QED) is 0.598. The fourth-order valence-electron chi connectivity index (χ4n) is 1.25. The molecule has 4 heteroatoms. The van der Waals surface area contributed by atoms with Crippen LogP contribution in [-0.2, 0) is 4.74 Å². The van der Waals surface area contributed by atoms with E-state index >= 15 is 0 Å². The SMILES string of the molecule is NC(=O)OCC1CCNCC1. The summed E-state index contributed by atoms with van der Waals surface area (Å²) in [5.74, 6) is 0.503. The standard InChI is InChI=1S/C7H14N2O2/c8-7(10)11-5-6-1-3-9-4-2-6/h6,9H,1-5H2,(H2,8,10). The van der Waals surface area contributed by atoms with E-state index in [9.17, 15) is 4.79 Å². The van der Waals surface area contributed by atoms with E-state index in [-0.39, 0.29) is 0 Å². The summed E-state index contributed by atoms with van der Waals surface area (Å²) >= 11 is 0. The van der Waals surface area contributed by atoms with Crippen LogP contribution in [0.15, 0.2) is 0 Å². The van der Waals surface area contributed by atoms with E-state index in [2.05, 4.69) is 5.32 Å². The van der Waals surface area contributed by atoms with E-state index in [1.54, 1.807) is 0 Å².